The number of rotatable bonds is 7. The van der Waals surface area contributed by atoms with Crippen molar-refractivity contribution >= 4 is 5.91 Å². The van der Waals surface area contributed by atoms with Crippen LogP contribution in [-0.4, -0.2) is 49.7 Å². The summed E-state index contributed by atoms with van der Waals surface area (Å²) < 4.78 is 5.20. The van der Waals surface area contributed by atoms with Crippen LogP contribution in [-0.2, 0) is 9.53 Å². The normalized spacial score (nSPS) is 17.3. The molecule has 0 aromatic carbocycles. The fourth-order valence-corrected chi connectivity index (χ4v) is 2.11. The lowest BCUT2D eigenvalue weighted by molar-refractivity contribution is -0.122. The second-order valence-corrected chi connectivity index (χ2v) is 4.58. The van der Waals surface area contributed by atoms with Gasteiger partial charge in [0.2, 0.25) is 5.91 Å². The summed E-state index contributed by atoms with van der Waals surface area (Å²) in [5.74, 6) is 0.119. The van der Waals surface area contributed by atoms with Gasteiger partial charge >= 0.3 is 0 Å². The summed E-state index contributed by atoms with van der Waals surface area (Å²) >= 11 is 0. The second kappa shape index (κ2) is 8.90. The fraction of sp³-hybridized carbons (Fsp3) is 0.846. The Balaban J connectivity index is 2.09. The van der Waals surface area contributed by atoms with E-state index >= 15 is 0 Å². The van der Waals surface area contributed by atoms with Crippen LogP contribution in [0.5, 0.6) is 0 Å². The van der Waals surface area contributed by atoms with E-state index in [1.54, 1.807) is 0 Å². The van der Waals surface area contributed by atoms with E-state index in [0.717, 1.165) is 32.4 Å². The zero-order valence-electron chi connectivity index (χ0n) is 11.2. The molecule has 0 radical (unpaired) electrons. The molecule has 0 aromatic heterocycles. The van der Waals surface area contributed by atoms with Crippen LogP contribution in [0.1, 0.15) is 32.6 Å². The minimum absolute atomic E-state index is 0.119. The van der Waals surface area contributed by atoms with Crippen molar-refractivity contribution in [1.82, 2.24) is 10.2 Å². The van der Waals surface area contributed by atoms with E-state index in [4.69, 9.17) is 10.00 Å². The summed E-state index contributed by atoms with van der Waals surface area (Å²) in [7, 11) is 0. The first-order valence-corrected chi connectivity index (χ1v) is 6.72. The number of hydrogen-bond donors (Lipinski definition) is 1. The molecular weight excluding hydrogens is 230 g/mol. The van der Waals surface area contributed by atoms with Crippen molar-refractivity contribution < 1.29 is 9.53 Å². The summed E-state index contributed by atoms with van der Waals surface area (Å²) in [6, 6.07) is 2.43. The van der Waals surface area contributed by atoms with Crippen molar-refractivity contribution in [3.8, 4) is 6.07 Å². The Morgan fingerprint density at radius 2 is 2.22 bits per heavy atom. The molecule has 1 aliphatic rings. The van der Waals surface area contributed by atoms with Crippen LogP contribution in [0, 0.1) is 11.3 Å². The van der Waals surface area contributed by atoms with E-state index in [0.29, 0.717) is 26.2 Å². The molecule has 1 saturated heterocycles. The van der Waals surface area contributed by atoms with Crippen molar-refractivity contribution in [2.75, 3.05) is 32.8 Å². The molecule has 1 heterocycles. The first-order valence-electron chi connectivity index (χ1n) is 6.72. The highest BCUT2D eigenvalue weighted by Gasteiger charge is 2.19. The van der Waals surface area contributed by atoms with Crippen molar-refractivity contribution in [1.29, 1.82) is 5.26 Å². The summed E-state index contributed by atoms with van der Waals surface area (Å²) in [6.45, 7) is 5.61. The van der Waals surface area contributed by atoms with Gasteiger partial charge in [0.05, 0.1) is 12.6 Å². The van der Waals surface area contributed by atoms with Gasteiger partial charge in [0, 0.05) is 38.8 Å². The first-order chi connectivity index (χ1) is 8.76. The molecule has 1 N–H and O–H groups in total. The highest BCUT2D eigenvalue weighted by Crippen LogP contribution is 2.09. The molecule has 0 spiro atoms. The van der Waals surface area contributed by atoms with Gasteiger partial charge in [-0.1, -0.05) is 0 Å². The van der Waals surface area contributed by atoms with Gasteiger partial charge in [0.1, 0.15) is 0 Å². The quantitative estimate of drug-likeness (QED) is 0.541. The maximum Gasteiger partial charge on any atom is 0.220 e. The number of nitrogens with one attached hydrogen (secondary N) is 1. The third-order valence-corrected chi connectivity index (χ3v) is 3.14. The SMILES string of the molecule is CCOCCCC(=O)NC1CCN(CC#N)CC1. The van der Waals surface area contributed by atoms with Crippen LogP contribution in [0.4, 0.5) is 0 Å². The van der Waals surface area contributed by atoms with Crippen molar-refractivity contribution in [2.24, 2.45) is 0 Å². The number of amides is 1. The van der Waals surface area contributed by atoms with Crippen LogP contribution >= 0.6 is 0 Å². The van der Waals surface area contributed by atoms with Crippen LogP contribution in [0.2, 0.25) is 0 Å². The third-order valence-electron chi connectivity index (χ3n) is 3.14. The number of carbonyl (C=O) groups is 1. The first kappa shape index (κ1) is 14.9. The largest absolute Gasteiger partial charge is 0.382 e. The van der Waals surface area contributed by atoms with Crippen LogP contribution < -0.4 is 5.32 Å². The smallest absolute Gasteiger partial charge is 0.220 e. The van der Waals surface area contributed by atoms with Crippen molar-refractivity contribution in [3.05, 3.63) is 0 Å². The van der Waals surface area contributed by atoms with Gasteiger partial charge in [-0.25, -0.2) is 0 Å². The molecule has 0 unspecified atom stereocenters. The summed E-state index contributed by atoms with van der Waals surface area (Å²) in [4.78, 5) is 13.8. The molecule has 0 atom stereocenters. The molecule has 1 rings (SSSR count). The molecular formula is C13H23N3O2. The summed E-state index contributed by atoms with van der Waals surface area (Å²) in [6.07, 6.45) is 3.21. The number of nitriles is 1. The van der Waals surface area contributed by atoms with Crippen molar-refractivity contribution in [2.45, 2.75) is 38.6 Å². The predicted octanol–water partition coefficient (Wildman–Crippen LogP) is 0.907. The lowest BCUT2D eigenvalue weighted by atomic mass is 10.0. The molecule has 102 valence electrons. The molecule has 0 saturated carbocycles. The average Bonchev–Trinajstić information content (AvgIpc) is 2.37. The predicted molar refractivity (Wildman–Crippen MR) is 68.9 cm³/mol. The highest BCUT2D eigenvalue weighted by molar-refractivity contribution is 5.76. The van der Waals surface area contributed by atoms with Gasteiger partial charge in [-0.3, -0.25) is 9.69 Å². The minimum Gasteiger partial charge on any atom is -0.382 e. The van der Waals surface area contributed by atoms with E-state index < -0.39 is 0 Å². The average molecular weight is 253 g/mol. The van der Waals surface area contributed by atoms with Gasteiger partial charge in [-0.15, -0.1) is 0 Å². The molecule has 5 heteroatoms. The van der Waals surface area contributed by atoms with E-state index in [-0.39, 0.29) is 11.9 Å². The van der Waals surface area contributed by atoms with Gasteiger partial charge in [0.15, 0.2) is 0 Å². The molecule has 5 nitrogen and oxygen atoms in total. The fourth-order valence-electron chi connectivity index (χ4n) is 2.11. The Morgan fingerprint density at radius 3 is 2.83 bits per heavy atom. The lowest BCUT2D eigenvalue weighted by Gasteiger charge is -2.30. The molecule has 18 heavy (non-hydrogen) atoms. The van der Waals surface area contributed by atoms with Gasteiger partial charge in [-0.2, -0.15) is 5.26 Å². The van der Waals surface area contributed by atoms with Crippen LogP contribution in [0.25, 0.3) is 0 Å². The lowest BCUT2D eigenvalue weighted by Crippen LogP contribution is -2.44. The Labute approximate surface area is 109 Å². The monoisotopic (exact) mass is 253 g/mol. The summed E-state index contributed by atoms with van der Waals surface area (Å²) in [5.41, 5.74) is 0. The molecule has 1 fully saturated rings. The van der Waals surface area contributed by atoms with E-state index in [9.17, 15) is 4.79 Å². The highest BCUT2D eigenvalue weighted by atomic mass is 16.5. The number of piperidine rings is 1. The van der Waals surface area contributed by atoms with Gasteiger partial charge < -0.3 is 10.1 Å². The van der Waals surface area contributed by atoms with E-state index in [1.807, 2.05) is 6.92 Å². The molecule has 1 aliphatic heterocycles. The second-order valence-electron chi connectivity index (χ2n) is 4.58. The topological polar surface area (TPSA) is 65.4 Å². The number of nitrogens with zero attached hydrogens (tertiary/aromatic N) is 2. The van der Waals surface area contributed by atoms with Crippen LogP contribution in [0.3, 0.4) is 0 Å². The zero-order chi connectivity index (χ0) is 13.2. The number of hydrogen-bond acceptors (Lipinski definition) is 4. The Bertz CT molecular complexity index is 280. The maximum atomic E-state index is 11.6. The van der Waals surface area contributed by atoms with Gasteiger partial charge in [-0.05, 0) is 26.2 Å². The molecule has 1 amide bonds. The van der Waals surface area contributed by atoms with E-state index in [2.05, 4.69) is 16.3 Å². The number of ether oxygens (including phenoxy) is 1. The Kier molecular flexibility index (Phi) is 7.38. The Morgan fingerprint density at radius 1 is 1.50 bits per heavy atom. The number of carbonyl (C=O) groups excluding carboxylic acids is 1. The van der Waals surface area contributed by atoms with Crippen LogP contribution in [0.15, 0.2) is 0 Å². The molecule has 0 aromatic rings. The zero-order valence-corrected chi connectivity index (χ0v) is 11.2. The summed E-state index contributed by atoms with van der Waals surface area (Å²) in [5, 5.41) is 11.7. The standard InChI is InChI=1S/C13H23N3O2/c1-2-18-11-3-4-13(17)15-12-5-8-16(9-6-12)10-7-14/h12H,2-6,8-11H2,1H3,(H,15,17). The third kappa shape index (κ3) is 5.99. The molecule has 0 aliphatic carbocycles. The Hall–Kier alpha value is -1.12. The molecule has 0 bridgehead atoms. The van der Waals surface area contributed by atoms with Gasteiger partial charge in [0.25, 0.3) is 0 Å². The van der Waals surface area contributed by atoms with Crippen molar-refractivity contribution in [3.63, 3.8) is 0 Å². The number of likely N-dealkylation sites (tertiary alicyclic amines) is 1. The minimum atomic E-state index is 0.119. The maximum absolute atomic E-state index is 11.6. The van der Waals surface area contributed by atoms with E-state index in [1.165, 1.54) is 0 Å².